The summed E-state index contributed by atoms with van der Waals surface area (Å²) >= 11 is 0. The van der Waals surface area contributed by atoms with Crippen LogP contribution in [0, 0.1) is 23.7 Å². The molecule has 2 rings (SSSR count). The second kappa shape index (κ2) is 7.85. The molecule has 0 radical (unpaired) electrons. The number of aliphatic hydroxyl groups excluding tert-OH is 1. The third-order valence-electron chi connectivity index (χ3n) is 4.12. The van der Waals surface area contributed by atoms with Gasteiger partial charge in [0.15, 0.2) is 0 Å². The van der Waals surface area contributed by atoms with Gasteiger partial charge in [-0.2, -0.15) is 0 Å². The predicted octanol–water partition coefficient (Wildman–Crippen LogP) is 2.59. The van der Waals surface area contributed by atoms with E-state index >= 15 is 0 Å². The lowest BCUT2D eigenvalue weighted by Gasteiger charge is -2.26. The Hall–Kier alpha value is -1.79. The van der Waals surface area contributed by atoms with Crippen LogP contribution < -0.4 is 5.32 Å². The molecule has 1 aliphatic carbocycles. The van der Waals surface area contributed by atoms with Crippen molar-refractivity contribution in [2.24, 2.45) is 11.8 Å². The fraction of sp³-hybridized carbons (Fsp3) is 0.500. The third kappa shape index (κ3) is 4.91. The number of benzene rings is 1. The van der Waals surface area contributed by atoms with Gasteiger partial charge in [-0.25, -0.2) is 0 Å². The molecule has 0 spiro atoms. The van der Waals surface area contributed by atoms with E-state index < -0.39 is 0 Å². The first kappa shape index (κ1) is 15.6. The molecule has 1 aromatic carbocycles. The lowest BCUT2D eigenvalue weighted by molar-refractivity contribution is 0.0942. The number of aliphatic hydroxyl groups is 1. The zero-order chi connectivity index (χ0) is 15.1. The van der Waals surface area contributed by atoms with Gasteiger partial charge in [0.05, 0.1) is 0 Å². The first-order valence-electron chi connectivity index (χ1n) is 7.67. The fourth-order valence-corrected chi connectivity index (χ4v) is 2.75. The van der Waals surface area contributed by atoms with Gasteiger partial charge in [0, 0.05) is 17.7 Å². The van der Waals surface area contributed by atoms with Gasteiger partial charge in [0.2, 0.25) is 0 Å². The number of hydrogen-bond donors (Lipinski definition) is 2. The van der Waals surface area contributed by atoms with Crippen molar-refractivity contribution in [3.05, 3.63) is 35.4 Å². The molecule has 1 saturated carbocycles. The number of carbonyl (C=O) groups excluding carboxylic acids is 1. The number of carbonyl (C=O) groups is 1. The fourth-order valence-electron chi connectivity index (χ4n) is 2.75. The molecule has 0 unspecified atom stereocenters. The van der Waals surface area contributed by atoms with Crippen LogP contribution in [-0.2, 0) is 0 Å². The Morgan fingerprint density at radius 2 is 2.10 bits per heavy atom. The van der Waals surface area contributed by atoms with Gasteiger partial charge < -0.3 is 10.4 Å². The first-order valence-corrected chi connectivity index (χ1v) is 7.67. The molecule has 0 aliphatic heterocycles. The maximum absolute atomic E-state index is 12.2. The minimum Gasteiger partial charge on any atom is -0.384 e. The maximum Gasteiger partial charge on any atom is 0.251 e. The Morgan fingerprint density at radius 1 is 1.33 bits per heavy atom. The maximum atomic E-state index is 12.2. The van der Waals surface area contributed by atoms with Gasteiger partial charge in [0.1, 0.15) is 6.61 Å². The summed E-state index contributed by atoms with van der Waals surface area (Å²) in [6.07, 6.45) is 4.96. The van der Waals surface area contributed by atoms with Crippen LogP contribution in [0.2, 0.25) is 0 Å². The van der Waals surface area contributed by atoms with Crippen molar-refractivity contribution in [2.45, 2.75) is 32.6 Å². The van der Waals surface area contributed by atoms with Crippen molar-refractivity contribution in [1.29, 1.82) is 0 Å². The van der Waals surface area contributed by atoms with Crippen LogP contribution in [0.5, 0.6) is 0 Å². The van der Waals surface area contributed by atoms with E-state index in [1.54, 1.807) is 12.1 Å². The molecule has 0 saturated heterocycles. The molecular formula is C18H23NO2. The molecule has 1 aromatic rings. The lowest BCUT2D eigenvalue weighted by Crippen LogP contribution is -2.31. The van der Waals surface area contributed by atoms with Crippen molar-refractivity contribution in [1.82, 2.24) is 5.32 Å². The highest BCUT2D eigenvalue weighted by atomic mass is 16.2. The van der Waals surface area contributed by atoms with Gasteiger partial charge in [-0.05, 0) is 42.9 Å². The Bertz CT molecular complexity index is 534. The second-order valence-electron chi connectivity index (χ2n) is 5.88. The van der Waals surface area contributed by atoms with Crippen LogP contribution in [0.15, 0.2) is 24.3 Å². The Morgan fingerprint density at radius 3 is 2.81 bits per heavy atom. The van der Waals surface area contributed by atoms with Crippen LogP contribution in [0.3, 0.4) is 0 Å². The average Bonchev–Trinajstić information content (AvgIpc) is 2.52. The van der Waals surface area contributed by atoms with Crippen molar-refractivity contribution in [2.75, 3.05) is 13.2 Å². The van der Waals surface area contributed by atoms with Crippen LogP contribution in [0.1, 0.15) is 48.5 Å². The summed E-state index contributed by atoms with van der Waals surface area (Å²) in [7, 11) is 0. The third-order valence-corrected chi connectivity index (χ3v) is 4.12. The normalized spacial score (nSPS) is 21.2. The quantitative estimate of drug-likeness (QED) is 0.839. The summed E-state index contributed by atoms with van der Waals surface area (Å²) in [5.41, 5.74) is 1.38. The molecule has 3 nitrogen and oxygen atoms in total. The van der Waals surface area contributed by atoms with Crippen molar-refractivity contribution >= 4 is 5.91 Å². The van der Waals surface area contributed by atoms with E-state index in [9.17, 15) is 4.79 Å². The van der Waals surface area contributed by atoms with Gasteiger partial charge in [-0.3, -0.25) is 4.79 Å². The van der Waals surface area contributed by atoms with E-state index in [1.807, 2.05) is 12.1 Å². The van der Waals surface area contributed by atoms with Crippen LogP contribution in [0.4, 0.5) is 0 Å². The molecule has 21 heavy (non-hydrogen) atoms. The Labute approximate surface area is 126 Å². The molecule has 1 fully saturated rings. The summed E-state index contributed by atoms with van der Waals surface area (Å²) in [5.74, 6) is 6.82. The molecule has 1 amide bonds. The van der Waals surface area contributed by atoms with Crippen molar-refractivity contribution in [3.8, 4) is 11.8 Å². The summed E-state index contributed by atoms with van der Waals surface area (Å²) in [6, 6.07) is 7.21. The minimum atomic E-state index is -0.170. The Kier molecular flexibility index (Phi) is 5.83. The van der Waals surface area contributed by atoms with E-state index in [4.69, 9.17) is 5.11 Å². The summed E-state index contributed by atoms with van der Waals surface area (Å²) in [5, 5.41) is 11.7. The number of amides is 1. The summed E-state index contributed by atoms with van der Waals surface area (Å²) in [6.45, 7) is 2.89. The molecule has 0 atom stereocenters. The predicted molar refractivity (Wildman–Crippen MR) is 83.9 cm³/mol. The van der Waals surface area contributed by atoms with E-state index in [0.29, 0.717) is 11.5 Å². The standard InChI is InChI=1S/C18H23NO2/c1-14-7-9-16(10-8-14)13-19-18(21)17-6-2-4-15(12-17)5-3-11-20/h2,4,6,12,14,16,20H,7-11,13H2,1H3,(H,19,21). The van der Waals surface area contributed by atoms with Crippen LogP contribution >= 0.6 is 0 Å². The number of nitrogens with one attached hydrogen (secondary N) is 1. The van der Waals surface area contributed by atoms with Gasteiger partial charge in [-0.1, -0.05) is 37.7 Å². The lowest BCUT2D eigenvalue weighted by atomic mass is 9.83. The molecular weight excluding hydrogens is 262 g/mol. The molecule has 2 N–H and O–H groups in total. The summed E-state index contributed by atoms with van der Waals surface area (Å²) < 4.78 is 0. The Balaban J connectivity index is 1.88. The van der Waals surface area contributed by atoms with Crippen LogP contribution in [-0.4, -0.2) is 24.2 Å². The molecule has 3 heteroatoms. The largest absolute Gasteiger partial charge is 0.384 e. The van der Waals surface area contributed by atoms with E-state index in [2.05, 4.69) is 24.1 Å². The highest BCUT2D eigenvalue weighted by Gasteiger charge is 2.18. The van der Waals surface area contributed by atoms with E-state index in [-0.39, 0.29) is 12.5 Å². The zero-order valence-corrected chi connectivity index (χ0v) is 12.6. The van der Waals surface area contributed by atoms with E-state index in [0.717, 1.165) is 18.0 Å². The molecule has 1 aliphatic rings. The zero-order valence-electron chi connectivity index (χ0n) is 12.6. The average molecular weight is 285 g/mol. The summed E-state index contributed by atoms with van der Waals surface area (Å²) in [4.78, 5) is 12.2. The van der Waals surface area contributed by atoms with Gasteiger partial charge in [0.25, 0.3) is 5.91 Å². The molecule has 0 aromatic heterocycles. The highest BCUT2D eigenvalue weighted by molar-refractivity contribution is 5.94. The number of rotatable bonds is 3. The van der Waals surface area contributed by atoms with Gasteiger partial charge >= 0.3 is 0 Å². The number of hydrogen-bond acceptors (Lipinski definition) is 2. The van der Waals surface area contributed by atoms with Crippen LogP contribution in [0.25, 0.3) is 0 Å². The second-order valence-corrected chi connectivity index (χ2v) is 5.88. The van der Waals surface area contributed by atoms with Crippen molar-refractivity contribution < 1.29 is 9.90 Å². The first-order chi connectivity index (χ1) is 10.2. The SMILES string of the molecule is CC1CCC(CNC(=O)c2cccc(C#CCO)c2)CC1. The molecule has 0 heterocycles. The smallest absolute Gasteiger partial charge is 0.251 e. The van der Waals surface area contributed by atoms with Crippen molar-refractivity contribution in [3.63, 3.8) is 0 Å². The monoisotopic (exact) mass is 285 g/mol. The minimum absolute atomic E-state index is 0.0405. The van der Waals surface area contributed by atoms with Gasteiger partial charge in [-0.15, -0.1) is 0 Å². The topological polar surface area (TPSA) is 49.3 Å². The highest BCUT2D eigenvalue weighted by Crippen LogP contribution is 2.27. The molecule has 0 bridgehead atoms. The molecule has 112 valence electrons. The van der Waals surface area contributed by atoms with E-state index in [1.165, 1.54) is 25.7 Å².